The lowest BCUT2D eigenvalue weighted by atomic mass is 10.1. The Bertz CT molecular complexity index is 439. The van der Waals surface area contributed by atoms with Crippen molar-refractivity contribution >= 4 is 11.3 Å². The fourth-order valence-electron chi connectivity index (χ4n) is 2.27. The van der Waals surface area contributed by atoms with Crippen LogP contribution in [0, 0.1) is 0 Å². The second-order valence-corrected chi connectivity index (χ2v) is 5.63. The zero-order chi connectivity index (χ0) is 12.8. The molecule has 2 rings (SSSR count). The fraction of sp³-hybridized carbons (Fsp3) is 0.467. The smallest absolute Gasteiger partial charge is 0.0563 e. The third-order valence-electron chi connectivity index (χ3n) is 3.12. The molecule has 0 fully saturated rings. The van der Waals surface area contributed by atoms with Gasteiger partial charge in [-0.1, -0.05) is 26.3 Å². The number of thiophene rings is 1. The molecule has 0 aromatic carbocycles. The Morgan fingerprint density at radius 1 is 1.33 bits per heavy atom. The number of aromatic nitrogens is 1. The van der Waals surface area contributed by atoms with E-state index >= 15 is 0 Å². The van der Waals surface area contributed by atoms with E-state index in [-0.39, 0.29) is 0 Å². The molecular formula is C15H22N2S. The van der Waals surface area contributed by atoms with Gasteiger partial charge in [0, 0.05) is 23.3 Å². The largest absolute Gasteiger partial charge is 0.349 e. The third-order valence-corrected chi connectivity index (χ3v) is 3.98. The molecule has 0 aliphatic carbocycles. The third kappa shape index (κ3) is 3.47. The lowest BCUT2D eigenvalue weighted by molar-refractivity contribution is 0.508. The van der Waals surface area contributed by atoms with Crippen LogP contribution < -0.4 is 5.32 Å². The standard InChI is InChI=1S/C15H22N2S/c1-3-6-15(16-4-2)13-8-9-17(11-13)12-14-7-5-10-18-14/h5,7-11,15-16H,3-4,6,12H2,1-2H3. The van der Waals surface area contributed by atoms with E-state index in [0.29, 0.717) is 6.04 Å². The van der Waals surface area contributed by atoms with Gasteiger partial charge in [-0.05, 0) is 36.0 Å². The lowest BCUT2D eigenvalue weighted by Crippen LogP contribution is -2.20. The summed E-state index contributed by atoms with van der Waals surface area (Å²) in [4.78, 5) is 1.41. The van der Waals surface area contributed by atoms with Crippen molar-refractivity contribution in [1.29, 1.82) is 0 Å². The highest BCUT2D eigenvalue weighted by Gasteiger charge is 2.10. The molecule has 1 unspecified atom stereocenters. The van der Waals surface area contributed by atoms with Crippen molar-refractivity contribution in [1.82, 2.24) is 9.88 Å². The number of hydrogen-bond acceptors (Lipinski definition) is 2. The number of hydrogen-bond donors (Lipinski definition) is 1. The Balaban J connectivity index is 2.03. The van der Waals surface area contributed by atoms with E-state index in [0.717, 1.165) is 13.1 Å². The zero-order valence-corrected chi connectivity index (χ0v) is 12.0. The second-order valence-electron chi connectivity index (χ2n) is 4.60. The van der Waals surface area contributed by atoms with Gasteiger partial charge in [0.1, 0.15) is 0 Å². The Morgan fingerprint density at radius 2 is 2.22 bits per heavy atom. The maximum absolute atomic E-state index is 3.56. The van der Waals surface area contributed by atoms with Crippen LogP contribution >= 0.6 is 11.3 Å². The van der Waals surface area contributed by atoms with Crippen molar-refractivity contribution < 1.29 is 0 Å². The molecule has 98 valence electrons. The van der Waals surface area contributed by atoms with Crippen molar-refractivity contribution in [2.45, 2.75) is 39.3 Å². The summed E-state index contributed by atoms with van der Waals surface area (Å²) in [7, 11) is 0. The first kappa shape index (κ1) is 13.4. The first-order valence-corrected chi connectivity index (χ1v) is 7.63. The summed E-state index contributed by atoms with van der Waals surface area (Å²) >= 11 is 1.82. The monoisotopic (exact) mass is 262 g/mol. The van der Waals surface area contributed by atoms with Crippen LogP contribution in [0.1, 0.15) is 43.2 Å². The molecule has 3 heteroatoms. The molecule has 0 saturated heterocycles. The lowest BCUT2D eigenvalue weighted by Gasteiger charge is -2.15. The minimum Gasteiger partial charge on any atom is -0.349 e. The topological polar surface area (TPSA) is 17.0 Å². The van der Waals surface area contributed by atoms with Crippen molar-refractivity contribution in [2.75, 3.05) is 6.54 Å². The molecule has 1 atom stereocenters. The maximum atomic E-state index is 3.56. The summed E-state index contributed by atoms with van der Waals surface area (Å²) in [6.45, 7) is 6.43. The normalized spacial score (nSPS) is 12.8. The predicted octanol–water partition coefficient (Wildman–Crippen LogP) is 4.05. The Kier molecular flexibility index (Phi) is 5.02. The molecule has 18 heavy (non-hydrogen) atoms. The molecule has 0 radical (unpaired) electrons. The van der Waals surface area contributed by atoms with Crippen LogP contribution in [0.25, 0.3) is 0 Å². The SMILES string of the molecule is CCCC(NCC)c1ccn(Cc2cccs2)c1. The molecular weight excluding hydrogens is 240 g/mol. The molecule has 0 bridgehead atoms. The number of nitrogens with one attached hydrogen (secondary N) is 1. The van der Waals surface area contributed by atoms with Crippen molar-refractivity contribution in [3.63, 3.8) is 0 Å². The van der Waals surface area contributed by atoms with Gasteiger partial charge in [-0.15, -0.1) is 11.3 Å². The first-order valence-electron chi connectivity index (χ1n) is 6.75. The second kappa shape index (κ2) is 6.76. The van der Waals surface area contributed by atoms with Gasteiger partial charge in [-0.3, -0.25) is 0 Å². The van der Waals surface area contributed by atoms with Crippen molar-refractivity contribution in [3.05, 3.63) is 46.4 Å². The van der Waals surface area contributed by atoms with Crippen LogP contribution in [-0.2, 0) is 6.54 Å². The van der Waals surface area contributed by atoms with Gasteiger partial charge < -0.3 is 9.88 Å². The average molecular weight is 262 g/mol. The summed E-state index contributed by atoms with van der Waals surface area (Å²) in [6, 6.07) is 7.06. The Hall–Kier alpha value is -1.06. The Morgan fingerprint density at radius 3 is 2.89 bits per heavy atom. The van der Waals surface area contributed by atoms with Gasteiger partial charge in [0.15, 0.2) is 0 Å². The predicted molar refractivity (Wildman–Crippen MR) is 79.2 cm³/mol. The van der Waals surface area contributed by atoms with Crippen LogP contribution in [0.5, 0.6) is 0 Å². The molecule has 0 spiro atoms. The summed E-state index contributed by atoms with van der Waals surface area (Å²) in [6.07, 6.45) is 6.89. The molecule has 2 heterocycles. The molecule has 0 aliphatic rings. The summed E-state index contributed by atoms with van der Waals surface area (Å²) in [5, 5.41) is 5.70. The minimum absolute atomic E-state index is 0.504. The van der Waals surface area contributed by atoms with Crippen LogP contribution in [-0.4, -0.2) is 11.1 Å². The minimum atomic E-state index is 0.504. The Labute approximate surface area is 114 Å². The van der Waals surface area contributed by atoms with Crippen LogP contribution in [0.4, 0.5) is 0 Å². The molecule has 0 amide bonds. The number of rotatable bonds is 7. The zero-order valence-electron chi connectivity index (χ0n) is 11.2. The highest BCUT2D eigenvalue weighted by atomic mass is 32.1. The van der Waals surface area contributed by atoms with Crippen LogP contribution in [0.15, 0.2) is 36.0 Å². The highest BCUT2D eigenvalue weighted by molar-refractivity contribution is 7.09. The van der Waals surface area contributed by atoms with E-state index < -0.39 is 0 Å². The van der Waals surface area contributed by atoms with Gasteiger partial charge >= 0.3 is 0 Å². The molecule has 2 aromatic rings. The summed E-state index contributed by atoms with van der Waals surface area (Å²) in [5.41, 5.74) is 1.41. The molecule has 0 saturated carbocycles. The van der Waals surface area contributed by atoms with Gasteiger partial charge in [0.05, 0.1) is 6.54 Å². The van der Waals surface area contributed by atoms with E-state index in [1.165, 1.54) is 23.3 Å². The average Bonchev–Trinajstić information content (AvgIpc) is 3.01. The molecule has 0 aliphatic heterocycles. The van der Waals surface area contributed by atoms with E-state index in [9.17, 15) is 0 Å². The van der Waals surface area contributed by atoms with E-state index in [1.54, 1.807) is 0 Å². The molecule has 1 N–H and O–H groups in total. The van der Waals surface area contributed by atoms with Gasteiger partial charge in [0.25, 0.3) is 0 Å². The first-order chi connectivity index (χ1) is 8.83. The van der Waals surface area contributed by atoms with Crippen molar-refractivity contribution in [3.8, 4) is 0 Å². The summed E-state index contributed by atoms with van der Waals surface area (Å²) in [5.74, 6) is 0. The van der Waals surface area contributed by atoms with Crippen LogP contribution in [0.2, 0.25) is 0 Å². The maximum Gasteiger partial charge on any atom is 0.0563 e. The van der Waals surface area contributed by atoms with Gasteiger partial charge in [0.2, 0.25) is 0 Å². The van der Waals surface area contributed by atoms with E-state index in [1.807, 2.05) is 11.3 Å². The van der Waals surface area contributed by atoms with Gasteiger partial charge in [-0.2, -0.15) is 0 Å². The van der Waals surface area contributed by atoms with Crippen LogP contribution in [0.3, 0.4) is 0 Å². The van der Waals surface area contributed by atoms with E-state index in [4.69, 9.17) is 0 Å². The fourth-order valence-corrected chi connectivity index (χ4v) is 2.98. The quantitative estimate of drug-likeness (QED) is 0.796. The summed E-state index contributed by atoms with van der Waals surface area (Å²) < 4.78 is 2.28. The number of nitrogens with zero attached hydrogens (tertiary/aromatic N) is 1. The van der Waals surface area contributed by atoms with Gasteiger partial charge in [-0.25, -0.2) is 0 Å². The molecule has 2 nitrogen and oxygen atoms in total. The van der Waals surface area contributed by atoms with Crippen molar-refractivity contribution in [2.24, 2.45) is 0 Å². The molecule has 2 aromatic heterocycles. The highest BCUT2D eigenvalue weighted by Crippen LogP contribution is 2.20. The van der Waals surface area contributed by atoms with E-state index in [2.05, 4.69) is 59.7 Å².